The summed E-state index contributed by atoms with van der Waals surface area (Å²) in [6.45, 7) is 0.158. The number of furan rings is 1. The van der Waals surface area contributed by atoms with Gasteiger partial charge in [-0.2, -0.15) is 8.78 Å². The van der Waals surface area contributed by atoms with Gasteiger partial charge < -0.3 is 14.9 Å². The van der Waals surface area contributed by atoms with Crippen LogP contribution in [0.5, 0.6) is 5.75 Å². The van der Waals surface area contributed by atoms with Crippen LogP contribution in [0.3, 0.4) is 0 Å². The molecule has 0 fully saturated rings. The average molecular weight is 303 g/mol. The van der Waals surface area contributed by atoms with Crippen LogP contribution in [0.2, 0.25) is 0 Å². The Bertz CT molecular complexity index is 601. The van der Waals surface area contributed by atoms with Gasteiger partial charge in [0.15, 0.2) is 17.4 Å². The fraction of sp³-hybridized carbons (Fsp3) is 0.286. The highest BCUT2D eigenvalue weighted by molar-refractivity contribution is 5.28. The topological polar surface area (TPSA) is 48.4 Å². The highest BCUT2D eigenvalue weighted by Gasteiger charge is 2.21. The van der Waals surface area contributed by atoms with E-state index in [1.165, 1.54) is 0 Å². The van der Waals surface area contributed by atoms with Gasteiger partial charge >= 0.3 is 0 Å². The third-order valence-corrected chi connectivity index (χ3v) is 2.77. The molecule has 0 spiro atoms. The Morgan fingerprint density at radius 1 is 1.00 bits per heavy atom. The van der Waals surface area contributed by atoms with E-state index < -0.39 is 29.0 Å². The molecule has 1 aromatic heterocycles. The van der Waals surface area contributed by atoms with Gasteiger partial charge in [0.2, 0.25) is 11.6 Å². The zero-order valence-electron chi connectivity index (χ0n) is 11.0. The van der Waals surface area contributed by atoms with Gasteiger partial charge in [0, 0.05) is 12.5 Å². The first kappa shape index (κ1) is 15.4. The molecule has 7 heteroatoms. The molecule has 0 aliphatic carbocycles. The Morgan fingerprint density at radius 2 is 1.62 bits per heavy atom. The zero-order valence-corrected chi connectivity index (χ0v) is 11.0. The lowest BCUT2D eigenvalue weighted by Crippen LogP contribution is -2.03. The molecule has 0 atom stereocenters. The van der Waals surface area contributed by atoms with E-state index in [1.807, 2.05) is 0 Å². The molecule has 0 aliphatic heterocycles. The Morgan fingerprint density at radius 3 is 2.24 bits per heavy atom. The molecular formula is C14H13F4NO2. The number of rotatable bonds is 6. The molecule has 0 radical (unpaired) electrons. The third-order valence-electron chi connectivity index (χ3n) is 2.77. The maximum atomic E-state index is 13.4. The molecule has 2 aromatic rings. The molecule has 1 aromatic carbocycles. The molecule has 0 aliphatic rings. The second kappa shape index (κ2) is 6.62. The van der Waals surface area contributed by atoms with E-state index in [0.29, 0.717) is 18.7 Å². The number of ether oxygens (including phenoxy) is 1. The SMILES string of the molecule is NCCCc1ccc(COc2c(F)c(F)cc(F)c2F)o1. The van der Waals surface area contributed by atoms with Gasteiger partial charge in [-0.05, 0) is 25.1 Å². The summed E-state index contributed by atoms with van der Waals surface area (Å²) in [6, 6.07) is 3.35. The van der Waals surface area contributed by atoms with Crippen LogP contribution in [0.1, 0.15) is 17.9 Å². The molecule has 0 saturated heterocycles. The number of hydrogen-bond acceptors (Lipinski definition) is 3. The van der Waals surface area contributed by atoms with Crippen LogP contribution in [0.25, 0.3) is 0 Å². The van der Waals surface area contributed by atoms with Crippen molar-refractivity contribution in [2.24, 2.45) is 5.73 Å². The van der Waals surface area contributed by atoms with E-state index >= 15 is 0 Å². The number of nitrogens with two attached hydrogens (primary N) is 1. The van der Waals surface area contributed by atoms with E-state index in [9.17, 15) is 17.6 Å². The number of hydrogen-bond donors (Lipinski definition) is 1. The van der Waals surface area contributed by atoms with Crippen molar-refractivity contribution < 1.29 is 26.7 Å². The molecule has 0 saturated carbocycles. The maximum Gasteiger partial charge on any atom is 0.203 e. The molecule has 2 N–H and O–H groups in total. The Balaban J connectivity index is 2.08. The first-order valence-corrected chi connectivity index (χ1v) is 6.26. The fourth-order valence-corrected chi connectivity index (χ4v) is 1.73. The quantitative estimate of drug-likeness (QED) is 0.658. The average Bonchev–Trinajstić information content (AvgIpc) is 2.91. The van der Waals surface area contributed by atoms with Crippen LogP contribution >= 0.6 is 0 Å². The highest BCUT2D eigenvalue weighted by Crippen LogP contribution is 2.27. The number of benzene rings is 1. The normalized spacial score (nSPS) is 10.9. The third kappa shape index (κ3) is 3.55. The fourth-order valence-electron chi connectivity index (χ4n) is 1.73. The van der Waals surface area contributed by atoms with Crippen LogP contribution in [0.15, 0.2) is 22.6 Å². The van der Waals surface area contributed by atoms with Gasteiger partial charge in [0.05, 0.1) is 0 Å². The van der Waals surface area contributed by atoms with Gasteiger partial charge in [0.1, 0.15) is 18.1 Å². The molecule has 3 nitrogen and oxygen atoms in total. The minimum absolute atomic E-state index is 0.120. The summed E-state index contributed by atoms with van der Waals surface area (Å²) in [4.78, 5) is 0. The van der Waals surface area contributed by atoms with Crippen LogP contribution in [0, 0.1) is 23.3 Å². The van der Waals surface area contributed by atoms with E-state index in [1.54, 1.807) is 12.1 Å². The summed E-state index contributed by atoms with van der Waals surface area (Å²) < 4.78 is 62.8. The predicted molar refractivity (Wildman–Crippen MR) is 66.7 cm³/mol. The Labute approximate surface area is 118 Å². The van der Waals surface area contributed by atoms with Crippen molar-refractivity contribution in [3.63, 3.8) is 0 Å². The summed E-state index contributed by atoms with van der Waals surface area (Å²) in [6.07, 6.45) is 1.35. The summed E-state index contributed by atoms with van der Waals surface area (Å²) in [7, 11) is 0. The smallest absolute Gasteiger partial charge is 0.203 e. The molecule has 21 heavy (non-hydrogen) atoms. The molecule has 0 bridgehead atoms. The molecule has 114 valence electrons. The second-order valence-electron chi connectivity index (χ2n) is 4.35. The van der Waals surface area contributed by atoms with E-state index in [-0.39, 0.29) is 18.4 Å². The molecule has 1 heterocycles. The van der Waals surface area contributed by atoms with Gasteiger partial charge in [-0.3, -0.25) is 0 Å². The van der Waals surface area contributed by atoms with Crippen LogP contribution in [-0.2, 0) is 13.0 Å². The Hall–Kier alpha value is -2.02. The van der Waals surface area contributed by atoms with Crippen molar-refractivity contribution in [1.29, 1.82) is 0 Å². The van der Waals surface area contributed by atoms with Crippen LogP contribution < -0.4 is 10.5 Å². The largest absolute Gasteiger partial charge is 0.479 e. The van der Waals surface area contributed by atoms with E-state index in [2.05, 4.69) is 0 Å². The van der Waals surface area contributed by atoms with Gasteiger partial charge in [-0.1, -0.05) is 0 Å². The van der Waals surface area contributed by atoms with Crippen molar-refractivity contribution in [3.05, 3.63) is 53.0 Å². The molecule has 0 amide bonds. The van der Waals surface area contributed by atoms with Crippen molar-refractivity contribution in [2.45, 2.75) is 19.4 Å². The van der Waals surface area contributed by atoms with Crippen molar-refractivity contribution in [1.82, 2.24) is 0 Å². The predicted octanol–water partition coefficient (Wildman–Crippen LogP) is 3.31. The second-order valence-corrected chi connectivity index (χ2v) is 4.35. The van der Waals surface area contributed by atoms with Crippen molar-refractivity contribution in [3.8, 4) is 5.75 Å². The van der Waals surface area contributed by atoms with Crippen molar-refractivity contribution in [2.75, 3.05) is 6.54 Å². The lowest BCUT2D eigenvalue weighted by molar-refractivity contribution is 0.234. The van der Waals surface area contributed by atoms with E-state index in [0.717, 1.165) is 6.42 Å². The van der Waals surface area contributed by atoms with E-state index in [4.69, 9.17) is 14.9 Å². The van der Waals surface area contributed by atoms with Gasteiger partial charge in [-0.15, -0.1) is 0 Å². The molecule has 0 unspecified atom stereocenters. The first-order chi connectivity index (χ1) is 10.0. The van der Waals surface area contributed by atoms with Gasteiger partial charge in [-0.25, -0.2) is 8.78 Å². The maximum absolute atomic E-state index is 13.4. The minimum Gasteiger partial charge on any atom is -0.479 e. The van der Waals surface area contributed by atoms with Crippen LogP contribution in [-0.4, -0.2) is 6.54 Å². The number of aryl methyl sites for hydroxylation is 1. The van der Waals surface area contributed by atoms with Crippen molar-refractivity contribution >= 4 is 0 Å². The zero-order chi connectivity index (χ0) is 15.4. The Kier molecular flexibility index (Phi) is 4.85. The summed E-state index contributed by atoms with van der Waals surface area (Å²) >= 11 is 0. The highest BCUT2D eigenvalue weighted by atomic mass is 19.2. The lowest BCUT2D eigenvalue weighted by atomic mass is 10.2. The summed E-state index contributed by atoms with van der Waals surface area (Å²) in [5.41, 5.74) is 5.36. The monoisotopic (exact) mass is 303 g/mol. The molecular weight excluding hydrogens is 290 g/mol. The minimum atomic E-state index is -1.58. The summed E-state index contributed by atoms with van der Waals surface area (Å²) in [5, 5.41) is 0. The van der Waals surface area contributed by atoms with Crippen LogP contribution in [0.4, 0.5) is 17.6 Å². The lowest BCUT2D eigenvalue weighted by Gasteiger charge is -2.08. The summed E-state index contributed by atoms with van der Waals surface area (Å²) in [5.74, 6) is -6.38. The standard InChI is InChI=1S/C14H13F4NO2/c15-10-6-11(16)13(18)14(12(10)17)20-7-9-4-3-8(21-9)2-1-5-19/h3-4,6H,1-2,5,7,19H2. The number of halogens is 4. The van der Waals surface area contributed by atoms with Gasteiger partial charge in [0.25, 0.3) is 0 Å². The molecule has 2 rings (SSSR count). The first-order valence-electron chi connectivity index (χ1n) is 6.26.